The Balaban J connectivity index is 1.22. The molecule has 0 unspecified atom stereocenters. The van der Waals surface area contributed by atoms with E-state index in [-0.39, 0.29) is 0 Å². The smallest absolute Gasteiger partial charge is 0.0713 e. The maximum absolute atomic E-state index is 2.46. The van der Waals surface area contributed by atoms with Gasteiger partial charge in [-0.25, -0.2) is 0 Å². The van der Waals surface area contributed by atoms with E-state index < -0.39 is 5.41 Å². The van der Waals surface area contributed by atoms with Crippen molar-refractivity contribution in [2.45, 2.75) is 11.8 Å². The van der Waals surface area contributed by atoms with Crippen LogP contribution in [0, 0.1) is 0 Å². The molecule has 9 aromatic rings. The normalized spacial score (nSPS) is 13.5. The van der Waals surface area contributed by atoms with Gasteiger partial charge in [-0.3, -0.25) is 0 Å². The first kappa shape index (κ1) is 27.3. The van der Waals surface area contributed by atoms with Crippen LogP contribution in [0.5, 0.6) is 0 Å². The number of aromatic nitrogens is 2. The molecule has 0 amide bonds. The van der Waals surface area contributed by atoms with E-state index in [1.165, 1.54) is 88.1 Å². The van der Waals surface area contributed by atoms with Gasteiger partial charge in [0.25, 0.3) is 0 Å². The van der Waals surface area contributed by atoms with Crippen LogP contribution in [0.25, 0.3) is 54.7 Å². The Morgan fingerprint density at radius 1 is 0.438 bits per heavy atom. The highest BCUT2D eigenvalue weighted by molar-refractivity contribution is 6.17. The number of aryl methyl sites for hydroxylation is 2. The van der Waals surface area contributed by atoms with E-state index in [1.807, 2.05) is 0 Å². The number of para-hydroxylation sites is 1. The summed E-state index contributed by atoms with van der Waals surface area (Å²) < 4.78 is 4.68. The SMILES string of the molecule is Cn1c2ccccc2c2cc(Cc3ccc4c(c3)c3c5c(ccc3n4C)C(c3ccccc3)(c3ccccc3)c3ccccc3-5)ccc21. The van der Waals surface area contributed by atoms with Crippen LogP contribution in [0.4, 0.5) is 0 Å². The average Bonchev–Trinajstić information content (AvgIpc) is 3.72. The van der Waals surface area contributed by atoms with Crippen LogP contribution in [-0.4, -0.2) is 9.13 Å². The van der Waals surface area contributed by atoms with Gasteiger partial charge in [0.15, 0.2) is 0 Å². The van der Waals surface area contributed by atoms with E-state index in [9.17, 15) is 0 Å². The predicted octanol–water partition coefficient (Wildman–Crippen LogP) is 10.9. The lowest BCUT2D eigenvalue weighted by Gasteiger charge is -2.33. The summed E-state index contributed by atoms with van der Waals surface area (Å²) in [5, 5.41) is 5.30. The third kappa shape index (κ3) is 3.58. The number of nitrogens with zero attached hydrogens (tertiary/aromatic N) is 2. The van der Waals surface area contributed by atoms with Gasteiger partial charge in [0.1, 0.15) is 0 Å². The van der Waals surface area contributed by atoms with E-state index in [4.69, 9.17) is 0 Å². The first-order valence-electron chi connectivity index (χ1n) is 16.9. The second-order valence-electron chi connectivity index (χ2n) is 13.4. The van der Waals surface area contributed by atoms with Crippen LogP contribution in [0.2, 0.25) is 0 Å². The molecule has 0 fully saturated rings. The fourth-order valence-corrected chi connectivity index (χ4v) is 8.95. The molecule has 0 radical (unpaired) electrons. The summed E-state index contributed by atoms with van der Waals surface area (Å²) in [7, 11) is 4.38. The maximum Gasteiger partial charge on any atom is 0.0713 e. The van der Waals surface area contributed by atoms with Crippen LogP contribution >= 0.6 is 0 Å². The average molecular weight is 615 g/mol. The van der Waals surface area contributed by atoms with Crippen LogP contribution in [0.3, 0.4) is 0 Å². The van der Waals surface area contributed by atoms with Crippen LogP contribution in [-0.2, 0) is 25.9 Å². The Labute approximate surface area is 280 Å². The molecule has 0 aliphatic heterocycles. The van der Waals surface area contributed by atoms with Crippen molar-refractivity contribution in [2.24, 2.45) is 14.1 Å². The van der Waals surface area contributed by atoms with Gasteiger partial charge in [-0.1, -0.05) is 121 Å². The molecule has 2 aromatic heterocycles. The van der Waals surface area contributed by atoms with Gasteiger partial charge in [0.05, 0.1) is 5.41 Å². The number of fused-ring (bicyclic) bond motifs is 10. The zero-order chi connectivity index (χ0) is 32.0. The lowest BCUT2D eigenvalue weighted by molar-refractivity contribution is 0.769. The summed E-state index contributed by atoms with van der Waals surface area (Å²) in [6, 6.07) is 58.8. The van der Waals surface area contributed by atoms with E-state index in [0.717, 1.165) is 6.42 Å². The minimum absolute atomic E-state index is 0.406. The highest BCUT2D eigenvalue weighted by Gasteiger charge is 2.46. The quantitative estimate of drug-likeness (QED) is 0.187. The van der Waals surface area contributed by atoms with Gasteiger partial charge in [-0.05, 0) is 87.3 Å². The lowest BCUT2D eigenvalue weighted by Crippen LogP contribution is -2.28. The summed E-state index contributed by atoms with van der Waals surface area (Å²) in [6.45, 7) is 0. The van der Waals surface area contributed by atoms with Crippen molar-refractivity contribution in [1.82, 2.24) is 9.13 Å². The molecule has 228 valence electrons. The fourth-order valence-electron chi connectivity index (χ4n) is 8.95. The van der Waals surface area contributed by atoms with Crippen molar-refractivity contribution in [1.29, 1.82) is 0 Å². The molecule has 0 atom stereocenters. The van der Waals surface area contributed by atoms with Crippen molar-refractivity contribution in [3.8, 4) is 11.1 Å². The van der Waals surface area contributed by atoms with Crippen molar-refractivity contribution >= 4 is 43.6 Å². The van der Waals surface area contributed by atoms with Crippen LogP contribution < -0.4 is 0 Å². The van der Waals surface area contributed by atoms with Gasteiger partial charge >= 0.3 is 0 Å². The third-order valence-electron chi connectivity index (χ3n) is 11.0. The summed E-state index contributed by atoms with van der Waals surface area (Å²) in [4.78, 5) is 0. The van der Waals surface area contributed by atoms with E-state index in [1.54, 1.807) is 0 Å². The molecule has 2 heteroatoms. The minimum atomic E-state index is -0.406. The Morgan fingerprint density at radius 2 is 0.979 bits per heavy atom. The standard InChI is InChI=1S/C46H34N2/c1-47-40-20-12-10-17-34(40)36-28-30(21-24-41(36)47)27-31-22-25-42-37(29-31)45-43(48(42)2)26-23-39-44(45)35-18-9-11-19-38(35)46(39,32-13-5-3-6-14-32)33-15-7-4-8-16-33/h3-26,28-29H,27H2,1-2H3. The van der Waals surface area contributed by atoms with Crippen LogP contribution in [0.15, 0.2) is 158 Å². The fraction of sp³-hybridized carbons (Fsp3) is 0.0870. The Hall–Kier alpha value is -5.86. The van der Waals surface area contributed by atoms with E-state index in [2.05, 4.69) is 181 Å². The van der Waals surface area contributed by atoms with Crippen LogP contribution in [0.1, 0.15) is 33.4 Å². The van der Waals surface area contributed by atoms with Gasteiger partial charge in [0, 0.05) is 57.7 Å². The van der Waals surface area contributed by atoms with Gasteiger partial charge in [0.2, 0.25) is 0 Å². The molecular weight excluding hydrogens is 581 g/mol. The first-order valence-corrected chi connectivity index (χ1v) is 16.9. The molecule has 7 aromatic carbocycles. The number of hydrogen-bond acceptors (Lipinski definition) is 0. The number of benzene rings is 7. The summed E-state index contributed by atoms with van der Waals surface area (Å²) in [6.07, 6.45) is 0.884. The van der Waals surface area contributed by atoms with Gasteiger partial charge in [-0.2, -0.15) is 0 Å². The minimum Gasteiger partial charge on any atom is -0.344 e. The topological polar surface area (TPSA) is 9.86 Å². The maximum atomic E-state index is 2.46. The zero-order valence-electron chi connectivity index (χ0n) is 27.1. The molecule has 1 aliphatic carbocycles. The predicted molar refractivity (Wildman–Crippen MR) is 201 cm³/mol. The summed E-state index contributed by atoms with van der Waals surface area (Å²) in [5.74, 6) is 0. The Kier molecular flexibility index (Phi) is 5.72. The Morgan fingerprint density at radius 3 is 1.71 bits per heavy atom. The van der Waals surface area contributed by atoms with E-state index in [0.29, 0.717) is 0 Å². The van der Waals surface area contributed by atoms with E-state index >= 15 is 0 Å². The molecule has 0 N–H and O–H groups in total. The van der Waals surface area contributed by atoms with Crippen molar-refractivity contribution in [2.75, 3.05) is 0 Å². The number of rotatable bonds is 4. The molecule has 0 saturated carbocycles. The summed E-state index contributed by atoms with van der Waals surface area (Å²) >= 11 is 0. The molecule has 2 heterocycles. The molecule has 10 rings (SSSR count). The molecule has 2 nitrogen and oxygen atoms in total. The largest absolute Gasteiger partial charge is 0.344 e. The lowest BCUT2D eigenvalue weighted by atomic mass is 9.67. The highest BCUT2D eigenvalue weighted by Crippen LogP contribution is 2.58. The van der Waals surface area contributed by atoms with Gasteiger partial charge in [-0.15, -0.1) is 0 Å². The number of hydrogen-bond donors (Lipinski definition) is 0. The molecule has 1 aliphatic rings. The second kappa shape index (κ2) is 10.1. The van der Waals surface area contributed by atoms with Crippen molar-refractivity contribution < 1.29 is 0 Å². The third-order valence-corrected chi connectivity index (χ3v) is 11.0. The Bertz CT molecular complexity index is 2670. The van der Waals surface area contributed by atoms with Crippen molar-refractivity contribution in [3.63, 3.8) is 0 Å². The molecular formula is C46H34N2. The zero-order valence-corrected chi connectivity index (χ0v) is 27.1. The molecule has 48 heavy (non-hydrogen) atoms. The summed E-state index contributed by atoms with van der Waals surface area (Å²) in [5.41, 5.74) is 15.3. The second-order valence-corrected chi connectivity index (χ2v) is 13.4. The molecule has 0 spiro atoms. The molecule has 0 saturated heterocycles. The first-order chi connectivity index (χ1) is 23.6. The molecule has 0 bridgehead atoms. The monoisotopic (exact) mass is 614 g/mol. The van der Waals surface area contributed by atoms with Gasteiger partial charge < -0.3 is 9.13 Å². The highest BCUT2D eigenvalue weighted by atomic mass is 14.9. The van der Waals surface area contributed by atoms with Crippen molar-refractivity contribution in [3.05, 3.63) is 191 Å².